The smallest absolute Gasteiger partial charge is 0.340 e. The molecule has 0 atom stereocenters. The Morgan fingerprint density at radius 1 is 1.30 bits per heavy atom. The Balaban J connectivity index is 2.39. The van der Waals surface area contributed by atoms with E-state index < -0.39 is 5.97 Å². The number of aromatic nitrogens is 4. The molecule has 6 heteroatoms. The predicted octanol–water partition coefficient (Wildman–Crippen LogP) is 3.10. The van der Waals surface area contributed by atoms with Gasteiger partial charge >= 0.3 is 5.97 Å². The van der Waals surface area contributed by atoms with Crippen LogP contribution in [-0.2, 0) is 5.41 Å². The van der Waals surface area contributed by atoms with E-state index in [2.05, 4.69) is 15.1 Å². The van der Waals surface area contributed by atoms with Crippen LogP contribution in [0.2, 0.25) is 0 Å². The highest BCUT2D eigenvalue weighted by molar-refractivity contribution is 6.02. The number of fused-ring (bicyclic) bond motifs is 1. The molecule has 118 valence electrons. The maximum atomic E-state index is 11.9. The minimum atomic E-state index is -1.03. The fourth-order valence-electron chi connectivity index (χ4n) is 2.46. The molecule has 0 aliphatic carbocycles. The summed E-state index contributed by atoms with van der Waals surface area (Å²) in [6, 6.07) is 5.44. The van der Waals surface area contributed by atoms with E-state index in [1.807, 2.05) is 39.8 Å². The molecule has 3 rings (SSSR count). The molecule has 23 heavy (non-hydrogen) atoms. The van der Waals surface area contributed by atoms with E-state index in [0.717, 1.165) is 11.3 Å². The number of rotatable bonds is 2. The van der Waals surface area contributed by atoms with Crippen LogP contribution in [0.5, 0.6) is 0 Å². The van der Waals surface area contributed by atoms with Gasteiger partial charge in [0.25, 0.3) is 0 Å². The maximum Gasteiger partial charge on any atom is 0.340 e. The molecule has 6 nitrogen and oxygen atoms in total. The standard InChI is InChI=1S/C17H18N4O2/c1-10-8-12(11-6-5-7-18-9-11)13(15(22)23)14-19-16(17(2,3)4)20-21(10)14/h5-9H,1-4H3,(H,22,23). The number of hydrogen-bond acceptors (Lipinski definition) is 4. The van der Waals surface area contributed by atoms with Crippen LogP contribution in [-0.4, -0.2) is 30.7 Å². The third kappa shape index (κ3) is 2.56. The number of aryl methyl sites for hydroxylation is 1. The Hall–Kier alpha value is -2.76. The summed E-state index contributed by atoms with van der Waals surface area (Å²) in [5.41, 5.74) is 2.42. The maximum absolute atomic E-state index is 11.9. The fraction of sp³-hybridized carbons (Fsp3) is 0.294. The summed E-state index contributed by atoms with van der Waals surface area (Å²) in [5, 5.41) is 14.2. The number of carboxylic acid groups (broad SMARTS) is 1. The van der Waals surface area contributed by atoms with Crippen LogP contribution in [0.25, 0.3) is 16.8 Å². The van der Waals surface area contributed by atoms with Crippen molar-refractivity contribution >= 4 is 11.6 Å². The number of carboxylic acids is 1. The van der Waals surface area contributed by atoms with Crippen molar-refractivity contribution in [1.82, 2.24) is 19.6 Å². The van der Waals surface area contributed by atoms with E-state index in [0.29, 0.717) is 17.0 Å². The average Bonchev–Trinajstić information content (AvgIpc) is 2.93. The largest absolute Gasteiger partial charge is 0.478 e. The monoisotopic (exact) mass is 310 g/mol. The van der Waals surface area contributed by atoms with Crippen molar-refractivity contribution in [2.75, 3.05) is 0 Å². The Morgan fingerprint density at radius 2 is 2.04 bits per heavy atom. The minimum absolute atomic E-state index is 0.145. The second-order valence-corrected chi connectivity index (χ2v) is 6.54. The molecule has 0 bridgehead atoms. The van der Waals surface area contributed by atoms with E-state index in [9.17, 15) is 9.90 Å². The van der Waals surface area contributed by atoms with Crippen LogP contribution in [0.4, 0.5) is 0 Å². The lowest BCUT2D eigenvalue weighted by molar-refractivity contribution is 0.0699. The minimum Gasteiger partial charge on any atom is -0.478 e. The van der Waals surface area contributed by atoms with E-state index in [1.165, 1.54) is 0 Å². The molecule has 0 unspecified atom stereocenters. The van der Waals surface area contributed by atoms with E-state index in [1.54, 1.807) is 23.0 Å². The zero-order chi connectivity index (χ0) is 16.8. The first-order valence-electron chi connectivity index (χ1n) is 7.33. The summed E-state index contributed by atoms with van der Waals surface area (Å²) in [6.45, 7) is 7.89. The SMILES string of the molecule is Cc1cc(-c2cccnc2)c(C(=O)O)c2nc(C(C)(C)C)nn12. The average molecular weight is 310 g/mol. The topological polar surface area (TPSA) is 80.4 Å². The summed E-state index contributed by atoms with van der Waals surface area (Å²) in [7, 11) is 0. The van der Waals surface area contributed by atoms with Gasteiger partial charge in [-0.05, 0) is 19.1 Å². The van der Waals surface area contributed by atoms with Crippen LogP contribution in [0.3, 0.4) is 0 Å². The number of nitrogens with zero attached hydrogens (tertiary/aromatic N) is 4. The normalized spacial score (nSPS) is 11.8. The molecule has 0 spiro atoms. The first kappa shape index (κ1) is 15.1. The molecule has 3 aromatic rings. The Morgan fingerprint density at radius 3 is 2.61 bits per heavy atom. The van der Waals surface area contributed by atoms with Gasteiger partial charge in [0.1, 0.15) is 5.56 Å². The predicted molar refractivity (Wildman–Crippen MR) is 86.6 cm³/mol. The summed E-state index contributed by atoms with van der Waals surface area (Å²) in [5.74, 6) is -0.409. The lowest BCUT2D eigenvalue weighted by Crippen LogP contribution is -2.13. The summed E-state index contributed by atoms with van der Waals surface area (Å²) >= 11 is 0. The molecule has 0 aliphatic rings. The zero-order valence-electron chi connectivity index (χ0n) is 13.5. The first-order chi connectivity index (χ1) is 10.8. The first-order valence-corrected chi connectivity index (χ1v) is 7.33. The van der Waals surface area contributed by atoms with Crippen LogP contribution in [0.1, 0.15) is 42.6 Å². The van der Waals surface area contributed by atoms with Crippen molar-refractivity contribution < 1.29 is 9.90 Å². The second-order valence-electron chi connectivity index (χ2n) is 6.54. The zero-order valence-corrected chi connectivity index (χ0v) is 13.5. The van der Waals surface area contributed by atoms with Gasteiger partial charge in [-0.25, -0.2) is 14.3 Å². The van der Waals surface area contributed by atoms with E-state index in [-0.39, 0.29) is 11.0 Å². The van der Waals surface area contributed by atoms with Crippen LogP contribution in [0.15, 0.2) is 30.6 Å². The third-order valence-electron chi connectivity index (χ3n) is 3.64. The molecule has 0 saturated carbocycles. The molecular formula is C17H18N4O2. The highest BCUT2D eigenvalue weighted by atomic mass is 16.4. The molecule has 0 amide bonds. The van der Waals surface area contributed by atoms with Gasteiger partial charge in [-0.2, -0.15) is 5.10 Å². The third-order valence-corrected chi connectivity index (χ3v) is 3.64. The van der Waals surface area contributed by atoms with Gasteiger partial charge in [0, 0.05) is 34.6 Å². The molecule has 0 radical (unpaired) electrons. The van der Waals surface area contributed by atoms with Crippen LogP contribution < -0.4 is 0 Å². The Labute approximate surface area is 133 Å². The molecule has 0 aliphatic heterocycles. The summed E-state index contributed by atoms with van der Waals surface area (Å²) in [6.07, 6.45) is 3.31. The van der Waals surface area contributed by atoms with Crippen LogP contribution >= 0.6 is 0 Å². The molecule has 0 fully saturated rings. The number of aromatic carboxylic acids is 1. The van der Waals surface area contributed by atoms with Crippen molar-refractivity contribution in [3.05, 3.63) is 47.7 Å². The van der Waals surface area contributed by atoms with Gasteiger partial charge in [-0.3, -0.25) is 4.98 Å². The van der Waals surface area contributed by atoms with E-state index >= 15 is 0 Å². The summed E-state index contributed by atoms with van der Waals surface area (Å²) < 4.78 is 1.60. The number of pyridine rings is 2. The molecule has 0 aromatic carbocycles. The Kier molecular flexibility index (Phi) is 3.39. The van der Waals surface area contributed by atoms with Gasteiger partial charge < -0.3 is 5.11 Å². The van der Waals surface area contributed by atoms with Crippen LogP contribution in [0, 0.1) is 6.92 Å². The number of hydrogen-bond donors (Lipinski definition) is 1. The summed E-state index contributed by atoms with van der Waals surface area (Å²) in [4.78, 5) is 20.5. The van der Waals surface area contributed by atoms with Crippen molar-refractivity contribution in [1.29, 1.82) is 0 Å². The van der Waals surface area contributed by atoms with Gasteiger partial charge in [-0.1, -0.05) is 26.8 Å². The molecule has 0 saturated heterocycles. The second kappa shape index (κ2) is 5.15. The lowest BCUT2D eigenvalue weighted by atomic mass is 9.96. The van der Waals surface area contributed by atoms with Gasteiger partial charge in [0.2, 0.25) is 0 Å². The molecular weight excluding hydrogens is 292 g/mol. The van der Waals surface area contributed by atoms with Crippen molar-refractivity contribution in [2.45, 2.75) is 33.1 Å². The van der Waals surface area contributed by atoms with Crippen molar-refractivity contribution in [3.8, 4) is 11.1 Å². The van der Waals surface area contributed by atoms with E-state index in [4.69, 9.17) is 0 Å². The van der Waals surface area contributed by atoms with Crippen molar-refractivity contribution in [3.63, 3.8) is 0 Å². The van der Waals surface area contributed by atoms with Crippen molar-refractivity contribution in [2.24, 2.45) is 0 Å². The number of carbonyl (C=O) groups is 1. The van der Waals surface area contributed by atoms with Gasteiger partial charge in [0.05, 0.1) is 0 Å². The lowest BCUT2D eigenvalue weighted by Gasteiger charge is -2.11. The highest BCUT2D eigenvalue weighted by Gasteiger charge is 2.25. The quantitative estimate of drug-likeness (QED) is 0.786. The Bertz CT molecular complexity index is 892. The molecule has 1 N–H and O–H groups in total. The fourth-order valence-corrected chi connectivity index (χ4v) is 2.46. The van der Waals surface area contributed by atoms with Gasteiger partial charge in [-0.15, -0.1) is 0 Å². The van der Waals surface area contributed by atoms with Gasteiger partial charge in [0.15, 0.2) is 11.5 Å². The molecule has 3 aromatic heterocycles. The molecule has 3 heterocycles. The highest BCUT2D eigenvalue weighted by Crippen LogP contribution is 2.29.